The fourth-order valence-electron chi connectivity index (χ4n) is 1.69. The van der Waals surface area contributed by atoms with Gasteiger partial charge < -0.3 is 10.1 Å². The van der Waals surface area contributed by atoms with E-state index >= 15 is 0 Å². The summed E-state index contributed by atoms with van der Waals surface area (Å²) in [6, 6.07) is 6.03. The van der Waals surface area contributed by atoms with Crippen molar-refractivity contribution in [1.82, 2.24) is 9.38 Å². The molecule has 2 aromatic heterocycles. The largest absolute Gasteiger partial charge is 0.380 e. The Morgan fingerprint density at radius 3 is 3.18 bits per heavy atom. The minimum Gasteiger partial charge on any atom is -0.380 e. The minimum absolute atomic E-state index is 0.741. The smallest absolute Gasteiger partial charge is 0.138 e. The molecule has 4 nitrogen and oxygen atoms in total. The average molecular weight is 233 g/mol. The second-order valence-corrected chi connectivity index (χ2v) is 3.96. The summed E-state index contributed by atoms with van der Waals surface area (Å²) in [5.74, 6) is 1.05. The number of nitrogens with one attached hydrogen (secondary N) is 1. The standard InChI is InChI=1S/C13H19N3O/c1-2-3-10-17-11-8-15-13-6-4-5-12-14-7-9-16(12)13/h4-7,9,15H,2-3,8,10-11H2,1H3. The van der Waals surface area contributed by atoms with Crippen LogP contribution in [0.25, 0.3) is 5.65 Å². The number of unbranched alkanes of at least 4 members (excludes halogenated alkanes) is 1. The van der Waals surface area contributed by atoms with Crippen LogP contribution in [0, 0.1) is 0 Å². The summed E-state index contributed by atoms with van der Waals surface area (Å²) in [7, 11) is 0. The second-order valence-electron chi connectivity index (χ2n) is 3.96. The molecule has 0 fully saturated rings. The van der Waals surface area contributed by atoms with E-state index in [1.54, 1.807) is 6.20 Å². The molecule has 0 aliphatic heterocycles. The van der Waals surface area contributed by atoms with Crippen molar-refractivity contribution >= 4 is 11.5 Å². The first kappa shape index (κ1) is 11.9. The van der Waals surface area contributed by atoms with Gasteiger partial charge >= 0.3 is 0 Å². The van der Waals surface area contributed by atoms with Gasteiger partial charge in [-0.15, -0.1) is 0 Å². The van der Waals surface area contributed by atoms with Gasteiger partial charge in [-0.05, 0) is 18.6 Å². The molecule has 92 valence electrons. The molecule has 0 unspecified atom stereocenters. The predicted molar refractivity (Wildman–Crippen MR) is 69.4 cm³/mol. The zero-order valence-electron chi connectivity index (χ0n) is 10.2. The molecule has 0 spiro atoms. The summed E-state index contributed by atoms with van der Waals surface area (Å²) in [4.78, 5) is 4.24. The molecule has 17 heavy (non-hydrogen) atoms. The van der Waals surface area contributed by atoms with E-state index in [1.165, 1.54) is 6.42 Å². The van der Waals surface area contributed by atoms with Crippen molar-refractivity contribution in [3.05, 3.63) is 30.6 Å². The topological polar surface area (TPSA) is 38.6 Å². The van der Waals surface area contributed by atoms with Crippen LogP contribution < -0.4 is 5.32 Å². The Balaban J connectivity index is 1.80. The highest BCUT2D eigenvalue weighted by atomic mass is 16.5. The Morgan fingerprint density at radius 1 is 1.35 bits per heavy atom. The lowest BCUT2D eigenvalue weighted by Gasteiger charge is -2.09. The van der Waals surface area contributed by atoms with Crippen LogP contribution in [0.5, 0.6) is 0 Å². The Hall–Kier alpha value is -1.55. The molecular formula is C13H19N3O. The zero-order valence-corrected chi connectivity index (χ0v) is 10.2. The number of hydrogen-bond donors (Lipinski definition) is 1. The molecule has 0 saturated heterocycles. The lowest BCUT2D eigenvalue weighted by molar-refractivity contribution is 0.141. The Labute approximate surface area is 102 Å². The third-order valence-corrected chi connectivity index (χ3v) is 2.62. The van der Waals surface area contributed by atoms with E-state index in [1.807, 2.05) is 28.8 Å². The Morgan fingerprint density at radius 2 is 2.29 bits per heavy atom. The predicted octanol–water partition coefficient (Wildman–Crippen LogP) is 2.56. The SMILES string of the molecule is CCCCOCCNc1cccc2nccn12. The van der Waals surface area contributed by atoms with Gasteiger partial charge in [0.2, 0.25) is 0 Å². The normalized spacial score (nSPS) is 10.9. The third kappa shape index (κ3) is 3.20. The van der Waals surface area contributed by atoms with Crippen LogP contribution in [0.3, 0.4) is 0 Å². The lowest BCUT2D eigenvalue weighted by Crippen LogP contribution is -2.11. The van der Waals surface area contributed by atoms with E-state index in [9.17, 15) is 0 Å². The maximum atomic E-state index is 5.50. The quantitative estimate of drug-likeness (QED) is 0.747. The van der Waals surface area contributed by atoms with Gasteiger partial charge in [-0.1, -0.05) is 19.4 Å². The van der Waals surface area contributed by atoms with Crippen molar-refractivity contribution in [3.8, 4) is 0 Å². The minimum atomic E-state index is 0.741. The van der Waals surface area contributed by atoms with E-state index in [-0.39, 0.29) is 0 Å². The van der Waals surface area contributed by atoms with Crippen LogP contribution in [0.1, 0.15) is 19.8 Å². The van der Waals surface area contributed by atoms with Gasteiger partial charge in [0.25, 0.3) is 0 Å². The summed E-state index contributed by atoms with van der Waals surface area (Å²) in [6.07, 6.45) is 6.08. The number of aromatic nitrogens is 2. The van der Waals surface area contributed by atoms with E-state index in [2.05, 4.69) is 17.2 Å². The number of rotatable bonds is 7. The fraction of sp³-hybridized carbons (Fsp3) is 0.462. The fourth-order valence-corrected chi connectivity index (χ4v) is 1.69. The Kier molecular flexibility index (Phi) is 4.38. The number of imidazole rings is 1. The molecule has 1 N–H and O–H groups in total. The molecule has 2 aromatic rings. The second kappa shape index (κ2) is 6.25. The molecule has 0 saturated carbocycles. The highest BCUT2D eigenvalue weighted by Crippen LogP contribution is 2.10. The van der Waals surface area contributed by atoms with E-state index in [0.29, 0.717) is 0 Å². The van der Waals surface area contributed by atoms with Crippen molar-refractivity contribution in [3.63, 3.8) is 0 Å². The van der Waals surface area contributed by atoms with Crippen LogP contribution in [0.4, 0.5) is 5.82 Å². The maximum absolute atomic E-state index is 5.50. The summed E-state index contributed by atoms with van der Waals surface area (Å²) >= 11 is 0. The summed E-state index contributed by atoms with van der Waals surface area (Å²) in [6.45, 7) is 4.58. The maximum Gasteiger partial charge on any atom is 0.138 e. The van der Waals surface area contributed by atoms with Crippen molar-refractivity contribution in [2.75, 3.05) is 25.1 Å². The van der Waals surface area contributed by atoms with E-state index in [0.717, 1.165) is 37.6 Å². The molecule has 0 atom stereocenters. The molecule has 2 heterocycles. The van der Waals surface area contributed by atoms with Crippen LogP contribution in [-0.4, -0.2) is 29.1 Å². The molecule has 4 heteroatoms. The molecule has 0 radical (unpaired) electrons. The van der Waals surface area contributed by atoms with Gasteiger partial charge in [0.05, 0.1) is 6.61 Å². The van der Waals surface area contributed by atoms with Gasteiger partial charge in [0.15, 0.2) is 0 Å². The lowest BCUT2D eigenvalue weighted by atomic mass is 10.4. The van der Waals surface area contributed by atoms with E-state index < -0.39 is 0 Å². The van der Waals surface area contributed by atoms with Gasteiger partial charge in [0, 0.05) is 25.5 Å². The molecule has 0 amide bonds. The van der Waals surface area contributed by atoms with Gasteiger partial charge in [-0.3, -0.25) is 4.40 Å². The molecule has 2 rings (SSSR count). The summed E-state index contributed by atoms with van der Waals surface area (Å²) in [5, 5.41) is 3.35. The van der Waals surface area contributed by atoms with Crippen LogP contribution in [0.2, 0.25) is 0 Å². The molecule has 0 aliphatic carbocycles. The average Bonchev–Trinajstić information content (AvgIpc) is 2.82. The van der Waals surface area contributed by atoms with Crippen LogP contribution in [-0.2, 0) is 4.74 Å². The first-order valence-electron chi connectivity index (χ1n) is 6.15. The molecule has 0 aliphatic rings. The number of ether oxygens (including phenoxy) is 1. The molecular weight excluding hydrogens is 214 g/mol. The number of nitrogens with zero attached hydrogens (tertiary/aromatic N) is 2. The number of hydrogen-bond acceptors (Lipinski definition) is 3. The first-order chi connectivity index (χ1) is 8.42. The number of pyridine rings is 1. The molecule has 0 aromatic carbocycles. The van der Waals surface area contributed by atoms with Crippen LogP contribution in [0.15, 0.2) is 30.6 Å². The first-order valence-corrected chi connectivity index (χ1v) is 6.15. The highest BCUT2D eigenvalue weighted by Gasteiger charge is 1.98. The van der Waals surface area contributed by atoms with Crippen molar-refractivity contribution in [2.24, 2.45) is 0 Å². The third-order valence-electron chi connectivity index (χ3n) is 2.62. The van der Waals surface area contributed by atoms with Crippen molar-refractivity contribution in [1.29, 1.82) is 0 Å². The number of fused-ring (bicyclic) bond motifs is 1. The number of anilines is 1. The zero-order chi connectivity index (χ0) is 11.9. The van der Waals surface area contributed by atoms with Crippen molar-refractivity contribution in [2.45, 2.75) is 19.8 Å². The monoisotopic (exact) mass is 233 g/mol. The van der Waals surface area contributed by atoms with Crippen molar-refractivity contribution < 1.29 is 4.74 Å². The van der Waals surface area contributed by atoms with E-state index in [4.69, 9.17) is 4.74 Å². The van der Waals surface area contributed by atoms with Gasteiger partial charge in [-0.25, -0.2) is 4.98 Å². The Bertz CT molecular complexity index is 453. The molecule has 0 bridgehead atoms. The summed E-state index contributed by atoms with van der Waals surface area (Å²) < 4.78 is 7.54. The highest BCUT2D eigenvalue weighted by molar-refractivity contribution is 5.49. The summed E-state index contributed by atoms with van der Waals surface area (Å²) in [5.41, 5.74) is 0.960. The van der Waals surface area contributed by atoms with Gasteiger partial charge in [0.1, 0.15) is 11.5 Å². The van der Waals surface area contributed by atoms with Gasteiger partial charge in [-0.2, -0.15) is 0 Å². The van der Waals surface area contributed by atoms with Crippen LogP contribution >= 0.6 is 0 Å².